The SMILES string of the molecule is C[C@@H](O)COC(=O)NCc1ccccc1. The fourth-order valence-corrected chi connectivity index (χ4v) is 1.02. The summed E-state index contributed by atoms with van der Waals surface area (Å²) < 4.78 is 4.73. The molecule has 0 bridgehead atoms. The van der Waals surface area contributed by atoms with Gasteiger partial charge in [-0.15, -0.1) is 0 Å². The molecule has 15 heavy (non-hydrogen) atoms. The standard InChI is InChI=1S/C11H15NO3/c1-9(13)8-15-11(14)12-7-10-5-3-2-4-6-10/h2-6,9,13H,7-8H2,1H3,(H,12,14)/t9-/m1/s1. The van der Waals surface area contributed by atoms with Gasteiger partial charge in [0.1, 0.15) is 6.61 Å². The van der Waals surface area contributed by atoms with Crippen molar-refractivity contribution < 1.29 is 14.6 Å². The molecule has 1 atom stereocenters. The van der Waals surface area contributed by atoms with E-state index in [-0.39, 0.29) is 6.61 Å². The van der Waals surface area contributed by atoms with E-state index in [1.54, 1.807) is 6.92 Å². The minimum Gasteiger partial charge on any atom is -0.447 e. The maximum Gasteiger partial charge on any atom is 0.407 e. The number of rotatable bonds is 4. The van der Waals surface area contributed by atoms with E-state index in [1.807, 2.05) is 30.3 Å². The number of alkyl carbamates (subject to hydrolysis) is 1. The molecule has 0 fully saturated rings. The lowest BCUT2D eigenvalue weighted by atomic mass is 10.2. The summed E-state index contributed by atoms with van der Waals surface area (Å²) in [5.74, 6) is 0. The van der Waals surface area contributed by atoms with Crippen molar-refractivity contribution in [1.82, 2.24) is 5.32 Å². The van der Waals surface area contributed by atoms with Crippen LogP contribution in [0.25, 0.3) is 0 Å². The molecule has 0 heterocycles. The second-order valence-corrected chi connectivity index (χ2v) is 3.29. The average molecular weight is 209 g/mol. The predicted molar refractivity (Wildman–Crippen MR) is 56.3 cm³/mol. The summed E-state index contributed by atoms with van der Waals surface area (Å²) in [6, 6.07) is 9.54. The molecule has 0 aliphatic carbocycles. The van der Waals surface area contributed by atoms with E-state index in [1.165, 1.54) is 0 Å². The van der Waals surface area contributed by atoms with Crippen LogP contribution in [-0.4, -0.2) is 23.9 Å². The molecular weight excluding hydrogens is 194 g/mol. The monoisotopic (exact) mass is 209 g/mol. The van der Waals surface area contributed by atoms with E-state index in [4.69, 9.17) is 9.84 Å². The number of amides is 1. The number of benzene rings is 1. The van der Waals surface area contributed by atoms with Crippen molar-refractivity contribution in [3.63, 3.8) is 0 Å². The van der Waals surface area contributed by atoms with Crippen molar-refractivity contribution >= 4 is 6.09 Å². The zero-order chi connectivity index (χ0) is 11.1. The molecule has 4 heteroatoms. The molecule has 0 unspecified atom stereocenters. The molecule has 0 saturated heterocycles. The van der Waals surface area contributed by atoms with Crippen molar-refractivity contribution in [2.45, 2.75) is 19.6 Å². The number of hydrogen-bond donors (Lipinski definition) is 2. The quantitative estimate of drug-likeness (QED) is 0.785. The first-order valence-electron chi connectivity index (χ1n) is 4.81. The fourth-order valence-electron chi connectivity index (χ4n) is 1.02. The lowest BCUT2D eigenvalue weighted by molar-refractivity contribution is 0.0778. The van der Waals surface area contributed by atoms with E-state index >= 15 is 0 Å². The third-order valence-electron chi connectivity index (χ3n) is 1.74. The van der Waals surface area contributed by atoms with Crippen LogP contribution in [0.15, 0.2) is 30.3 Å². The Kier molecular flexibility index (Phi) is 4.63. The number of carbonyl (C=O) groups is 1. The van der Waals surface area contributed by atoms with Gasteiger partial charge in [-0.25, -0.2) is 4.79 Å². The zero-order valence-electron chi connectivity index (χ0n) is 8.64. The van der Waals surface area contributed by atoms with Gasteiger partial charge in [0.05, 0.1) is 6.10 Å². The van der Waals surface area contributed by atoms with Crippen molar-refractivity contribution in [3.8, 4) is 0 Å². The van der Waals surface area contributed by atoms with Crippen molar-refractivity contribution in [3.05, 3.63) is 35.9 Å². The Morgan fingerprint density at radius 2 is 2.13 bits per heavy atom. The Morgan fingerprint density at radius 1 is 1.47 bits per heavy atom. The van der Waals surface area contributed by atoms with Gasteiger partial charge in [-0.1, -0.05) is 30.3 Å². The molecule has 1 amide bonds. The van der Waals surface area contributed by atoms with E-state index < -0.39 is 12.2 Å². The number of aliphatic hydroxyl groups excluding tert-OH is 1. The summed E-state index contributed by atoms with van der Waals surface area (Å²) in [6.45, 7) is 2.00. The second-order valence-electron chi connectivity index (χ2n) is 3.29. The Hall–Kier alpha value is -1.55. The third-order valence-corrected chi connectivity index (χ3v) is 1.74. The summed E-state index contributed by atoms with van der Waals surface area (Å²) in [5, 5.41) is 11.5. The zero-order valence-corrected chi connectivity index (χ0v) is 8.64. The molecule has 1 aromatic carbocycles. The van der Waals surface area contributed by atoms with Gasteiger partial charge in [0.15, 0.2) is 0 Å². The number of hydrogen-bond acceptors (Lipinski definition) is 3. The van der Waals surface area contributed by atoms with Crippen molar-refractivity contribution in [1.29, 1.82) is 0 Å². The highest BCUT2D eigenvalue weighted by Crippen LogP contribution is 1.97. The summed E-state index contributed by atoms with van der Waals surface area (Å²) >= 11 is 0. The molecule has 1 aromatic rings. The van der Waals surface area contributed by atoms with Crippen LogP contribution < -0.4 is 5.32 Å². The number of nitrogens with one attached hydrogen (secondary N) is 1. The number of carbonyl (C=O) groups excluding carboxylic acids is 1. The summed E-state index contributed by atoms with van der Waals surface area (Å²) in [5.41, 5.74) is 1.01. The first-order valence-corrected chi connectivity index (χ1v) is 4.81. The van der Waals surface area contributed by atoms with Gasteiger partial charge >= 0.3 is 6.09 Å². The van der Waals surface area contributed by atoms with Crippen LogP contribution in [0, 0.1) is 0 Å². The van der Waals surface area contributed by atoms with Gasteiger partial charge in [-0.05, 0) is 12.5 Å². The van der Waals surface area contributed by atoms with Crippen LogP contribution >= 0.6 is 0 Å². The lowest BCUT2D eigenvalue weighted by Gasteiger charge is -2.08. The molecule has 82 valence electrons. The molecule has 0 saturated carbocycles. The molecule has 0 aliphatic heterocycles. The minimum absolute atomic E-state index is 0.0145. The smallest absolute Gasteiger partial charge is 0.407 e. The van der Waals surface area contributed by atoms with Gasteiger partial charge in [-0.2, -0.15) is 0 Å². The highest BCUT2D eigenvalue weighted by atomic mass is 16.6. The second kappa shape index (κ2) is 6.03. The summed E-state index contributed by atoms with van der Waals surface area (Å²) in [4.78, 5) is 11.1. The summed E-state index contributed by atoms with van der Waals surface area (Å²) in [6.07, 6.45) is -1.15. The maximum absolute atomic E-state index is 11.1. The van der Waals surface area contributed by atoms with Crippen LogP contribution in [0.5, 0.6) is 0 Å². The summed E-state index contributed by atoms with van der Waals surface area (Å²) in [7, 11) is 0. The van der Waals surface area contributed by atoms with E-state index in [0.717, 1.165) is 5.56 Å². The Bertz CT molecular complexity index is 298. The van der Waals surface area contributed by atoms with Crippen LogP contribution in [0.4, 0.5) is 4.79 Å². The number of aliphatic hydroxyl groups is 1. The van der Waals surface area contributed by atoms with Gasteiger partial charge in [0, 0.05) is 6.54 Å². The first kappa shape index (κ1) is 11.5. The number of ether oxygens (including phenoxy) is 1. The average Bonchev–Trinajstić information content (AvgIpc) is 2.25. The van der Waals surface area contributed by atoms with Gasteiger partial charge < -0.3 is 15.2 Å². The third kappa shape index (κ3) is 5.02. The maximum atomic E-state index is 11.1. The molecule has 2 N–H and O–H groups in total. The molecule has 0 spiro atoms. The van der Waals surface area contributed by atoms with Crippen molar-refractivity contribution in [2.24, 2.45) is 0 Å². The topological polar surface area (TPSA) is 58.6 Å². The lowest BCUT2D eigenvalue weighted by Crippen LogP contribution is -2.26. The Morgan fingerprint density at radius 3 is 2.73 bits per heavy atom. The minimum atomic E-state index is -0.632. The molecule has 0 aromatic heterocycles. The Labute approximate surface area is 88.9 Å². The van der Waals surface area contributed by atoms with E-state index in [0.29, 0.717) is 6.54 Å². The van der Waals surface area contributed by atoms with Crippen LogP contribution in [0.1, 0.15) is 12.5 Å². The van der Waals surface area contributed by atoms with E-state index in [9.17, 15) is 4.79 Å². The van der Waals surface area contributed by atoms with Crippen molar-refractivity contribution in [2.75, 3.05) is 6.61 Å². The predicted octanol–water partition coefficient (Wildman–Crippen LogP) is 1.29. The molecule has 4 nitrogen and oxygen atoms in total. The Balaban J connectivity index is 2.23. The molecule has 0 aliphatic rings. The van der Waals surface area contributed by atoms with Gasteiger partial charge in [0.25, 0.3) is 0 Å². The normalized spacial score (nSPS) is 11.9. The molecular formula is C11H15NO3. The largest absolute Gasteiger partial charge is 0.447 e. The van der Waals surface area contributed by atoms with Crippen LogP contribution in [0.3, 0.4) is 0 Å². The molecule has 0 radical (unpaired) electrons. The molecule has 1 rings (SSSR count). The first-order chi connectivity index (χ1) is 7.18. The van der Waals surface area contributed by atoms with Crippen LogP contribution in [0.2, 0.25) is 0 Å². The highest BCUT2D eigenvalue weighted by molar-refractivity contribution is 5.67. The van der Waals surface area contributed by atoms with Gasteiger partial charge in [0.2, 0.25) is 0 Å². The highest BCUT2D eigenvalue weighted by Gasteiger charge is 2.03. The van der Waals surface area contributed by atoms with E-state index in [2.05, 4.69) is 5.32 Å². The van der Waals surface area contributed by atoms with Gasteiger partial charge in [-0.3, -0.25) is 0 Å². The fraction of sp³-hybridized carbons (Fsp3) is 0.364. The van der Waals surface area contributed by atoms with Crippen LogP contribution in [-0.2, 0) is 11.3 Å².